The monoisotopic (exact) mass is 545 g/mol. The van der Waals surface area contributed by atoms with Gasteiger partial charge < -0.3 is 10.2 Å². The van der Waals surface area contributed by atoms with Crippen LogP contribution >= 0.6 is 24.0 Å². The van der Waals surface area contributed by atoms with E-state index < -0.39 is 14.6 Å². The van der Waals surface area contributed by atoms with Crippen molar-refractivity contribution >= 4 is 39.8 Å². The molecule has 1 aliphatic heterocycles. The van der Waals surface area contributed by atoms with E-state index in [1.54, 1.807) is 13.8 Å². The Morgan fingerprint density at radius 2 is 1.97 bits per heavy atom. The summed E-state index contributed by atoms with van der Waals surface area (Å²) < 4.78 is 25.9. The van der Waals surface area contributed by atoms with Gasteiger partial charge in [0.05, 0.1) is 28.4 Å². The summed E-state index contributed by atoms with van der Waals surface area (Å²) in [7, 11) is -3.09. The number of nitrogens with zero attached hydrogens (tertiary/aromatic N) is 4. The number of aromatic nitrogens is 2. The molecule has 1 fully saturated rings. The molecule has 0 amide bonds. The lowest BCUT2D eigenvalue weighted by Crippen LogP contribution is -2.57. The van der Waals surface area contributed by atoms with Gasteiger partial charge in [0.15, 0.2) is 15.8 Å². The Balaban J connectivity index is 0.00000320. The van der Waals surface area contributed by atoms with E-state index in [1.807, 2.05) is 43.7 Å². The number of rotatable bonds is 4. The molecule has 0 aliphatic carbocycles. The minimum Gasteiger partial charge on any atom is -0.357 e. The van der Waals surface area contributed by atoms with Gasteiger partial charge in [-0.05, 0) is 52.3 Å². The summed E-state index contributed by atoms with van der Waals surface area (Å²) >= 11 is 0. The summed E-state index contributed by atoms with van der Waals surface area (Å²) in [6, 6.07) is 10.2. The maximum Gasteiger partial charge on any atom is 0.194 e. The smallest absolute Gasteiger partial charge is 0.194 e. The maximum atomic E-state index is 12.3. The number of hydrogen-bond acceptors (Lipinski definition) is 4. The maximum absolute atomic E-state index is 12.3. The molecule has 0 bridgehead atoms. The first-order chi connectivity index (χ1) is 13.6. The van der Waals surface area contributed by atoms with Crippen molar-refractivity contribution in [3.63, 3.8) is 0 Å². The number of benzene rings is 1. The van der Waals surface area contributed by atoms with Gasteiger partial charge in [-0.3, -0.25) is 0 Å². The van der Waals surface area contributed by atoms with Crippen LogP contribution in [0.25, 0.3) is 5.69 Å². The molecule has 7 nitrogen and oxygen atoms in total. The van der Waals surface area contributed by atoms with Gasteiger partial charge in [-0.1, -0.05) is 18.2 Å². The lowest BCUT2D eigenvalue weighted by Gasteiger charge is -2.39. The van der Waals surface area contributed by atoms with Crippen LogP contribution < -0.4 is 5.32 Å². The molecule has 1 saturated heterocycles. The summed E-state index contributed by atoms with van der Waals surface area (Å²) in [6.07, 6.45) is 0. The minimum atomic E-state index is -3.09. The zero-order valence-electron chi connectivity index (χ0n) is 18.3. The van der Waals surface area contributed by atoms with Crippen LogP contribution in [0.1, 0.15) is 37.7 Å². The fourth-order valence-corrected chi connectivity index (χ4v) is 5.00. The molecule has 2 aromatic rings. The molecular weight excluding hydrogens is 513 g/mol. The molecular formula is C21H32IN5O2S. The molecule has 0 radical (unpaired) electrons. The fourth-order valence-electron chi connectivity index (χ4n) is 3.63. The van der Waals surface area contributed by atoms with Gasteiger partial charge in [0.25, 0.3) is 0 Å². The second kappa shape index (κ2) is 9.67. The van der Waals surface area contributed by atoms with E-state index in [4.69, 9.17) is 4.99 Å². The number of sulfone groups is 1. The highest BCUT2D eigenvalue weighted by Gasteiger charge is 2.40. The molecule has 2 heterocycles. The SMILES string of the molecule is CCNC(=NCc1ccccc1-n1nc(C)cc1C)N1CCS(=O)(=O)C(C)(C)C1.I. The first kappa shape index (κ1) is 24.6. The van der Waals surface area contributed by atoms with Crippen LogP contribution in [-0.4, -0.2) is 59.2 Å². The average Bonchev–Trinajstić information content (AvgIpc) is 2.99. The molecule has 1 N–H and O–H groups in total. The average molecular weight is 545 g/mol. The molecule has 1 aliphatic rings. The van der Waals surface area contributed by atoms with E-state index >= 15 is 0 Å². The number of para-hydroxylation sites is 1. The molecule has 1 aromatic heterocycles. The second-order valence-corrected chi connectivity index (χ2v) is 10.9. The minimum absolute atomic E-state index is 0. The van der Waals surface area contributed by atoms with Gasteiger partial charge in [-0.2, -0.15) is 5.10 Å². The number of hydrogen-bond donors (Lipinski definition) is 1. The Hall–Kier alpha value is -1.62. The highest BCUT2D eigenvalue weighted by Crippen LogP contribution is 2.24. The van der Waals surface area contributed by atoms with Crippen molar-refractivity contribution in [3.05, 3.63) is 47.3 Å². The van der Waals surface area contributed by atoms with Gasteiger partial charge in [0.1, 0.15) is 0 Å². The summed E-state index contributed by atoms with van der Waals surface area (Å²) in [5.74, 6) is 0.894. The lowest BCUT2D eigenvalue weighted by atomic mass is 10.1. The van der Waals surface area contributed by atoms with Crippen LogP contribution in [0.2, 0.25) is 0 Å². The third kappa shape index (κ3) is 5.16. The zero-order chi connectivity index (χ0) is 21.2. The number of guanidine groups is 1. The number of aryl methyl sites for hydroxylation is 2. The fraction of sp³-hybridized carbons (Fsp3) is 0.524. The molecule has 1 aromatic carbocycles. The van der Waals surface area contributed by atoms with Crippen molar-refractivity contribution in [1.82, 2.24) is 20.0 Å². The first-order valence-corrected chi connectivity index (χ1v) is 11.7. The molecule has 0 unspecified atom stereocenters. The summed E-state index contributed by atoms with van der Waals surface area (Å²) in [6.45, 7) is 11.7. The van der Waals surface area contributed by atoms with E-state index in [1.165, 1.54) is 0 Å². The quantitative estimate of drug-likeness (QED) is 0.363. The molecule has 30 heavy (non-hydrogen) atoms. The van der Waals surface area contributed by atoms with E-state index in [0.29, 0.717) is 19.6 Å². The highest BCUT2D eigenvalue weighted by atomic mass is 127. The van der Waals surface area contributed by atoms with Crippen molar-refractivity contribution < 1.29 is 8.42 Å². The van der Waals surface area contributed by atoms with Gasteiger partial charge >= 0.3 is 0 Å². The molecule has 0 saturated carbocycles. The third-order valence-electron chi connectivity index (χ3n) is 5.31. The van der Waals surface area contributed by atoms with Crippen LogP contribution in [0.4, 0.5) is 0 Å². The number of halogens is 1. The van der Waals surface area contributed by atoms with Crippen LogP contribution in [0, 0.1) is 13.8 Å². The number of aliphatic imine (C=N–C) groups is 1. The molecule has 166 valence electrons. The van der Waals surface area contributed by atoms with Gasteiger partial charge in [0.2, 0.25) is 0 Å². The highest BCUT2D eigenvalue weighted by molar-refractivity contribution is 14.0. The Morgan fingerprint density at radius 1 is 1.27 bits per heavy atom. The first-order valence-electron chi connectivity index (χ1n) is 10.0. The summed E-state index contributed by atoms with van der Waals surface area (Å²) in [5, 5.41) is 7.93. The molecule has 3 rings (SSSR count). The predicted molar refractivity (Wildman–Crippen MR) is 133 cm³/mol. The van der Waals surface area contributed by atoms with E-state index in [9.17, 15) is 8.42 Å². The Labute approximate surface area is 196 Å². The van der Waals surface area contributed by atoms with Gasteiger partial charge in [-0.25, -0.2) is 18.1 Å². The molecule has 9 heteroatoms. The Bertz CT molecular complexity index is 1010. The van der Waals surface area contributed by atoms with Crippen molar-refractivity contribution in [1.29, 1.82) is 0 Å². The second-order valence-electron chi connectivity index (χ2n) is 8.14. The topological polar surface area (TPSA) is 79.6 Å². The largest absolute Gasteiger partial charge is 0.357 e. The van der Waals surface area contributed by atoms with Crippen molar-refractivity contribution in [2.75, 3.05) is 25.4 Å². The standard InChI is InChI=1S/C21H31N5O2S.HI/c1-6-22-20(25-11-12-29(27,28)21(4,5)15-25)23-14-18-9-7-8-10-19(18)26-17(3)13-16(2)24-26;/h7-10,13H,6,11-12,14-15H2,1-5H3,(H,22,23);1H. The van der Waals surface area contributed by atoms with Crippen LogP contribution in [0.5, 0.6) is 0 Å². The van der Waals surface area contributed by atoms with Crippen LogP contribution in [-0.2, 0) is 16.4 Å². The van der Waals surface area contributed by atoms with Crippen molar-refractivity contribution in [2.24, 2.45) is 4.99 Å². The normalized spacial score (nSPS) is 18.0. The van der Waals surface area contributed by atoms with Crippen LogP contribution in [0.3, 0.4) is 0 Å². The van der Waals surface area contributed by atoms with E-state index in [2.05, 4.69) is 27.4 Å². The Kier molecular flexibility index (Phi) is 7.95. The summed E-state index contributed by atoms with van der Waals surface area (Å²) in [4.78, 5) is 6.89. The van der Waals surface area contributed by atoms with Gasteiger partial charge in [0, 0.05) is 25.3 Å². The molecule has 0 atom stereocenters. The van der Waals surface area contributed by atoms with Gasteiger partial charge in [-0.15, -0.1) is 24.0 Å². The van der Waals surface area contributed by atoms with Crippen molar-refractivity contribution in [2.45, 2.75) is 45.9 Å². The third-order valence-corrected chi connectivity index (χ3v) is 7.84. The van der Waals surface area contributed by atoms with E-state index in [0.717, 1.165) is 35.1 Å². The molecule has 0 spiro atoms. The summed E-state index contributed by atoms with van der Waals surface area (Å²) in [5.41, 5.74) is 4.14. The lowest BCUT2D eigenvalue weighted by molar-refractivity contribution is 0.353. The van der Waals surface area contributed by atoms with Crippen LogP contribution in [0.15, 0.2) is 35.3 Å². The van der Waals surface area contributed by atoms with E-state index in [-0.39, 0.29) is 29.7 Å². The Morgan fingerprint density at radius 3 is 2.57 bits per heavy atom. The predicted octanol–water partition coefficient (Wildman–Crippen LogP) is 3.08. The number of nitrogens with one attached hydrogen (secondary N) is 1. The zero-order valence-corrected chi connectivity index (χ0v) is 21.5. The van der Waals surface area contributed by atoms with Crippen molar-refractivity contribution in [3.8, 4) is 5.69 Å².